The van der Waals surface area contributed by atoms with E-state index in [9.17, 15) is 0 Å². The minimum Gasteiger partial charge on any atom is -0.404 e. The van der Waals surface area contributed by atoms with Crippen LogP contribution in [0.1, 0.15) is 13.3 Å². The van der Waals surface area contributed by atoms with Crippen molar-refractivity contribution in [3.8, 4) is 0 Å². The molecule has 0 atom stereocenters. The maximum atomic E-state index is 5.41. The van der Waals surface area contributed by atoms with Crippen molar-refractivity contribution in [2.24, 2.45) is 5.73 Å². The third-order valence-electron chi connectivity index (χ3n) is 2.00. The van der Waals surface area contributed by atoms with E-state index in [4.69, 9.17) is 5.73 Å². The van der Waals surface area contributed by atoms with Crippen LogP contribution >= 0.6 is 0 Å². The second kappa shape index (κ2) is 4.51. The first-order valence-electron chi connectivity index (χ1n) is 4.36. The van der Waals surface area contributed by atoms with Crippen molar-refractivity contribution >= 4 is 0 Å². The molecule has 1 heteroatoms. The van der Waals surface area contributed by atoms with E-state index in [1.165, 1.54) is 11.1 Å². The van der Waals surface area contributed by atoms with Crippen molar-refractivity contribution in [3.05, 3.63) is 59.9 Å². The maximum Gasteiger partial charge on any atom is 0.00114 e. The lowest BCUT2D eigenvalue weighted by atomic mass is 10.0. The second-order valence-electron chi connectivity index (χ2n) is 3.08. The lowest BCUT2D eigenvalue weighted by molar-refractivity contribution is 1.21. The lowest BCUT2D eigenvalue weighted by Gasteiger charge is -2.05. The third-order valence-corrected chi connectivity index (χ3v) is 2.00. The first-order chi connectivity index (χ1) is 6.26. The summed E-state index contributed by atoms with van der Waals surface area (Å²) in [7, 11) is 0. The summed E-state index contributed by atoms with van der Waals surface area (Å²) in [5, 5.41) is 0. The van der Waals surface area contributed by atoms with Crippen LogP contribution in [0.15, 0.2) is 59.9 Å². The van der Waals surface area contributed by atoms with Crippen molar-refractivity contribution in [2.45, 2.75) is 13.3 Å². The molecule has 0 saturated carbocycles. The first kappa shape index (κ1) is 9.59. The molecule has 68 valence electrons. The molecule has 0 fully saturated rings. The Labute approximate surface area is 79.6 Å². The zero-order valence-electron chi connectivity index (χ0n) is 7.96. The van der Waals surface area contributed by atoms with Crippen LogP contribution in [0.3, 0.4) is 0 Å². The average Bonchev–Trinajstić information content (AvgIpc) is 2.17. The van der Waals surface area contributed by atoms with Gasteiger partial charge in [0, 0.05) is 6.20 Å². The highest BCUT2D eigenvalue weighted by molar-refractivity contribution is 5.41. The minimum atomic E-state index is 0.965. The summed E-state index contributed by atoms with van der Waals surface area (Å²) in [5.41, 5.74) is 8.96. The normalized spacial score (nSPS) is 20.2. The molecule has 0 radical (unpaired) electrons. The van der Waals surface area contributed by atoms with Crippen LogP contribution in [0.5, 0.6) is 0 Å². The maximum absolute atomic E-state index is 5.41. The van der Waals surface area contributed by atoms with E-state index in [-0.39, 0.29) is 0 Å². The predicted molar refractivity (Wildman–Crippen MR) is 58.1 cm³/mol. The molecule has 0 heterocycles. The quantitative estimate of drug-likeness (QED) is 0.638. The molecule has 0 spiro atoms. The topological polar surface area (TPSA) is 26.0 Å². The molecule has 13 heavy (non-hydrogen) atoms. The molecule has 2 N–H and O–H groups in total. The van der Waals surface area contributed by atoms with E-state index in [2.05, 4.69) is 31.7 Å². The minimum absolute atomic E-state index is 0.965. The standard InChI is InChI=1S/C12H15N/c1-3-11(9-13)8-12-6-4-10(2)5-7-12/h3-6,8-9H,1,7,13H2,2H3/b11-9-,12-8-. The van der Waals surface area contributed by atoms with Crippen molar-refractivity contribution < 1.29 is 0 Å². The largest absolute Gasteiger partial charge is 0.404 e. The highest BCUT2D eigenvalue weighted by Gasteiger charge is 1.97. The fourth-order valence-corrected chi connectivity index (χ4v) is 1.15. The zero-order valence-corrected chi connectivity index (χ0v) is 7.96. The molecule has 1 rings (SSSR count). The Morgan fingerprint density at radius 3 is 2.77 bits per heavy atom. The fourth-order valence-electron chi connectivity index (χ4n) is 1.15. The molecule has 0 saturated heterocycles. The van der Waals surface area contributed by atoms with Crippen LogP contribution in [0.2, 0.25) is 0 Å². The molecule has 0 aliphatic heterocycles. The second-order valence-corrected chi connectivity index (χ2v) is 3.08. The van der Waals surface area contributed by atoms with E-state index < -0.39 is 0 Å². The molecule has 1 aliphatic rings. The van der Waals surface area contributed by atoms with Gasteiger partial charge in [0.15, 0.2) is 0 Å². The Hall–Kier alpha value is -1.50. The molecule has 0 unspecified atom stereocenters. The van der Waals surface area contributed by atoms with Gasteiger partial charge in [0.25, 0.3) is 0 Å². The number of allylic oxidation sites excluding steroid dienone is 8. The SMILES string of the molecule is C=CC(=C/N)/C=C1/C=CC(C)=CC1. The lowest BCUT2D eigenvalue weighted by Crippen LogP contribution is -1.88. The van der Waals surface area contributed by atoms with Gasteiger partial charge in [0.1, 0.15) is 0 Å². The molecular formula is C12H15N. The van der Waals surface area contributed by atoms with Crippen LogP contribution in [-0.2, 0) is 0 Å². The number of nitrogens with two attached hydrogens (primary N) is 1. The molecule has 0 bridgehead atoms. The Morgan fingerprint density at radius 2 is 2.31 bits per heavy atom. The molecular weight excluding hydrogens is 158 g/mol. The van der Waals surface area contributed by atoms with Crippen LogP contribution in [0.25, 0.3) is 0 Å². The first-order valence-corrected chi connectivity index (χ1v) is 4.36. The monoisotopic (exact) mass is 173 g/mol. The van der Waals surface area contributed by atoms with Gasteiger partial charge in [-0.3, -0.25) is 0 Å². The van der Waals surface area contributed by atoms with Crippen molar-refractivity contribution in [1.82, 2.24) is 0 Å². The van der Waals surface area contributed by atoms with Gasteiger partial charge in [-0.1, -0.05) is 42.5 Å². The number of hydrogen-bond acceptors (Lipinski definition) is 1. The van der Waals surface area contributed by atoms with Gasteiger partial charge < -0.3 is 5.73 Å². The molecule has 1 aliphatic carbocycles. The molecule has 0 aromatic heterocycles. The third kappa shape index (κ3) is 2.79. The number of rotatable bonds is 2. The molecule has 0 amide bonds. The molecule has 1 nitrogen and oxygen atoms in total. The van der Waals surface area contributed by atoms with Gasteiger partial charge in [-0.2, -0.15) is 0 Å². The number of hydrogen-bond donors (Lipinski definition) is 1. The van der Waals surface area contributed by atoms with Crippen LogP contribution in [0.4, 0.5) is 0 Å². The Kier molecular flexibility index (Phi) is 3.32. The summed E-state index contributed by atoms with van der Waals surface area (Å²) in [6.07, 6.45) is 12.8. The van der Waals surface area contributed by atoms with E-state index in [1.807, 2.05) is 6.08 Å². The van der Waals surface area contributed by atoms with E-state index in [1.54, 1.807) is 12.3 Å². The van der Waals surface area contributed by atoms with E-state index in [0.717, 1.165) is 12.0 Å². The average molecular weight is 173 g/mol. The zero-order chi connectivity index (χ0) is 9.68. The summed E-state index contributed by atoms with van der Waals surface area (Å²) >= 11 is 0. The summed E-state index contributed by atoms with van der Waals surface area (Å²) in [4.78, 5) is 0. The predicted octanol–water partition coefficient (Wildman–Crippen LogP) is 2.85. The highest BCUT2D eigenvalue weighted by Crippen LogP contribution is 2.16. The highest BCUT2D eigenvalue weighted by atomic mass is 14.5. The molecule has 0 aromatic carbocycles. The Balaban J connectivity index is 2.76. The van der Waals surface area contributed by atoms with Crippen molar-refractivity contribution in [2.75, 3.05) is 0 Å². The molecule has 0 aromatic rings. The van der Waals surface area contributed by atoms with Crippen LogP contribution < -0.4 is 5.73 Å². The van der Waals surface area contributed by atoms with Gasteiger partial charge in [-0.15, -0.1) is 0 Å². The Bertz CT molecular complexity index is 314. The smallest absolute Gasteiger partial charge is 0.00114 e. The van der Waals surface area contributed by atoms with Gasteiger partial charge in [-0.25, -0.2) is 0 Å². The fraction of sp³-hybridized carbons (Fsp3) is 0.167. The van der Waals surface area contributed by atoms with Gasteiger partial charge in [-0.05, 0) is 24.5 Å². The van der Waals surface area contributed by atoms with Gasteiger partial charge in [0.05, 0.1) is 0 Å². The van der Waals surface area contributed by atoms with E-state index >= 15 is 0 Å². The summed E-state index contributed by atoms with van der Waals surface area (Å²) < 4.78 is 0. The van der Waals surface area contributed by atoms with Gasteiger partial charge >= 0.3 is 0 Å². The summed E-state index contributed by atoms with van der Waals surface area (Å²) in [6, 6.07) is 0. The van der Waals surface area contributed by atoms with Crippen LogP contribution in [-0.4, -0.2) is 0 Å². The van der Waals surface area contributed by atoms with E-state index in [0.29, 0.717) is 0 Å². The summed E-state index contributed by atoms with van der Waals surface area (Å²) in [6.45, 7) is 5.78. The van der Waals surface area contributed by atoms with Crippen molar-refractivity contribution in [3.63, 3.8) is 0 Å². The summed E-state index contributed by atoms with van der Waals surface area (Å²) in [5.74, 6) is 0. The van der Waals surface area contributed by atoms with Gasteiger partial charge in [0.2, 0.25) is 0 Å². The van der Waals surface area contributed by atoms with Crippen LogP contribution in [0, 0.1) is 0 Å². The van der Waals surface area contributed by atoms with Crippen molar-refractivity contribution in [1.29, 1.82) is 0 Å². The Morgan fingerprint density at radius 1 is 1.54 bits per heavy atom.